The van der Waals surface area contributed by atoms with Crippen molar-refractivity contribution in [2.45, 2.75) is 45.8 Å². The minimum absolute atomic E-state index is 0.467. The molecule has 25 heavy (non-hydrogen) atoms. The molecule has 0 fully saturated rings. The molecule has 0 atom stereocenters. The van der Waals surface area contributed by atoms with Crippen LogP contribution in [0.5, 0.6) is 11.5 Å². The second kappa shape index (κ2) is 8.56. The van der Waals surface area contributed by atoms with E-state index in [0.29, 0.717) is 6.61 Å². The van der Waals surface area contributed by atoms with Crippen LogP contribution in [0.25, 0.3) is 11.0 Å². The van der Waals surface area contributed by atoms with Gasteiger partial charge in [0.15, 0.2) is 0 Å². The molecule has 0 spiro atoms. The van der Waals surface area contributed by atoms with Crippen LogP contribution in [0.4, 0.5) is 0 Å². The number of aromatic nitrogens is 2. The first-order valence-electron chi connectivity index (χ1n) is 9.03. The number of rotatable bonds is 9. The quantitative estimate of drug-likeness (QED) is 0.503. The van der Waals surface area contributed by atoms with Gasteiger partial charge in [0, 0.05) is 6.54 Å². The van der Waals surface area contributed by atoms with Crippen molar-refractivity contribution in [1.29, 1.82) is 0 Å². The number of ether oxygens (including phenoxy) is 2. The number of para-hydroxylation sites is 2. The molecular formula is C21H26N2O2. The van der Waals surface area contributed by atoms with Crippen LogP contribution in [0.2, 0.25) is 0 Å². The molecule has 0 saturated heterocycles. The number of fused-ring (bicyclic) bond motifs is 1. The van der Waals surface area contributed by atoms with Crippen molar-refractivity contribution >= 4 is 11.0 Å². The molecule has 3 aromatic rings. The van der Waals surface area contributed by atoms with Crippen LogP contribution in [0.15, 0.2) is 48.5 Å². The van der Waals surface area contributed by atoms with E-state index in [4.69, 9.17) is 14.5 Å². The maximum Gasteiger partial charge on any atom is 0.147 e. The molecule has 1 aromatic heterocycles. The van der Waals surface area contributed by atoms with Crippen molar-refractivity contribution in [3.63, 3.8) is 0 Å². The van der Waals surface area contributed by atoms with Crippen molar-refractivity contribution < 1.29 is 9.47 Å². The van der Waals surface area contributed by atoms with Crippen LogP contribution < -0.4 is 9.47 Å². The third kappa shape index (κ3) is 4.32. The van der Waals surface area contributed by atoms with Crippen LogP contribution in [0, 0.1) is 0 Å². The highest BCUT2D eigenvalue weighted by Gasteiger charge is 2.11. The maximum absolute atomic E-state index is 5.95. The Labute approximate surface area is 149 Å². The first kappa shape index (κ1) is 17.3. The van der Waals surface area contributed by atoms with E-state index in [1.54, 1.807) is 7.11 Å². The van der Waals surface area contributed by atoms with Crippen LogP contribution in [-0.2, 0) is 13.2 Å². The average Bonchev–Trinajstić information content (AvgIpc) is 3.01. The lowest BCUT2D eigenvalue weighted by atomic mass is 10.2. The summed E-state index contributed by atoms with van der Waals surface area (Å²) < 4.78 is 13.4. The van der Waals surface area contributed by atoms with E-state index >= 15 is 0 Å². The normalized spacial score (nSPS) is 11.0. The summed E-state index contributed by atoms with van der Waals surface area (Å²) in [4.78, 5) is 4.77. The van der Waals surface area contributed by atoms with Crippen molar-refractivity contribution in [3.8, 4) is 11.5 Å². The number of imidazole rings is 1. The molecule has 4 heteroatoms. The zero-order valence-electron chi connectivity index (χ0n) is 15.1. The fraction of sp³-hybridized carbons (Fsp3) is 0.381. The molecule has 3 rings (SSSR count). The molecule has 0 N–H and O–H groups in total. The fourth-order valence-electron chi connectivity index (χ4n) is 3.00. The zero-order valence-corrected chi connectivity index (χ0v) is 15.1. The topological polar surface area (TPSA) is 36.3 Å². The van der Waals surface area contributed by atoms with Gasteiger partial charge in [-0.25, -0.2) is 4.98 Å². The Bertz CT molecular complexity index is 793. The fourth-order valence-corrected chi connectivity index (χ4v) is 3.00. The second-order valence-corrected chi connectivity index (χ2v) is 6.19. The van der Waals surface area contributed by atoms with Crippen LogP contribution in [0.3, 0.4) is 0 Å². The summed E-state index contributed by atoms with van der Waals surface area (Å²) >= 11 is 0. The second-order valence-electron chi connectivity index (χ2n) is 6.19. The van der Waals surface area contributed by atoms with E-state index in [-0.39, 0.29) is 0 Å². The molecule has 0 saturated carbocycles. The highest BCUT2D eigenvalue weighted by molar-refractivity contribution is 5.75. The Morgan fingerprint density at radius 2 is 1.68 bits per heavy atom. The molecular weight excluding hydrogens is 312 g/mol. The highest BCUT2D eigenvalue weighted by Crippen LogP contribution is 2.21. The standard InChI is InChI=1S/C21H26N2O2/c1-3-4-5-8-15-23-20-10-7-6-9-19(20)22-21(23)16-25-18-13-11-17(24-2)12-14-18/h6-7,9-14H,3-5,8,15-16H2,1-2H3. The van der Waals surface area contributed by atoms with E-state index in [9.17, 15) is 0 Å². The van der Waals surface area contributed by atoms with Gasteiger partial charge in [-0.2, -0.15) is 0 Å². The molecule has 132 valence electrons. The highest BCUT2D eigenvalue weighted by atomic mass is 16.5. The third-order valence-electron chi connectivity index (χ3n) is 4.40. The van der Waals surface area contributed by atoms with Crippen molar-refractivity contribution in [2.75, 3.05) is 7.11 Å². The van der Waals surface area contributed by atoms with Crippen molar-refractivity contribution in [3.05, 3.63) is 54.4 Å². The average molecular weight is 338 g/mol. The van der Waals surface area contributed by atoms with Crippen molar-refractivity contribution in [1.82, 2.24) is 9.55 Å². The molecule has 2 aromatic carbocycles. The van der Waals surface area contributed by atoms with Crippen LogP contribution in [-0.4, -0.2) is 16.7 Å². The first-order chi connectivity index (χ1) is 12.3. The van der Waals surface area contributed by atoms with E-state index in [1.807, 2.05) is 30.3 Å². The summed E-state index contributed by atoms with van der Waals surface area (Å²) in [7, 11) is 1.66. The largest absolute Gasteiger partial charge is 0.497 e. The van der Waals surface area contributed by atoms with E-state index in [1.165, 1.54) is 31.2 Å². The number of unbranched alkanes of at least 4 members (excludes halogenated alkanes) is 3. The molecule has 0 amide bonds. The Kier molecular flexibility index (Phi) is 5.94. The molecule has 4 nitrogen and oxygen atoms in total. The van der Waals surface area contributed by atoms with Crippen LogP contribution >= 0.6 is 0 Å². The summed E-state index contributed by atoms with van der Waals surface area (Å²) in [5, 5.41) is 0. The molecule has 0 aliphatic carbocycles. The molecule has 0 aliphatic heterocycles. The Morgan fingerprint density at radius 3 is 2.44 bits per heavy atom. The van der Waals surface area contributed by atoms with Gasteiger partial charge >= 0.3 is 0 Å². The predicted octanol–water partition coefficient (Wildman–Crippen LogP) is 5.20. The minimum Gasteiger partial charge on any atom is -0.497 e. The minimum atomic E-state index is 0.467. The Balaban J connectivity index is 1.74. The molecule has 1 heterocycles. The van der Waals surface area contributed by atoms with Gasteiger partial charge in [0.05, 0.1) is 18.1 Å². The lowest BCUT2D eigenvalue weighted by molar-refractivity contribution is 0.289. The maximum atomic E-state index is 5.95. The molecule has 0 aliphatic rings. The third-order valence-corrected chi connectivity index (χ3v) is 4.40. The Morgan fingerprint density at radius 1 is 0.920 bits per heavy atom. The van der Waals surface area contributed by atoms with Gasteiger partial charge < -0.3 is 14.0 Å². The number of hydrogen-bond acceptors (Lipinski definition) is 3. The molecule has 0 bridgehead atoms. The van der Waals surface area contributed by atoms with Gasteiger partial charge in [-0.05, 0) is 42.8 Å². The van der Waals surface area contributed by atoms with Gasteiger partial charge in [-0.3, -0.25) is 0 Å². The predicted molar refractivity (Wildman–Crippen MR) is 101 cm³/mol. The van der Waals surface area contributed by atoms with Gasteiger partial charge in [-0.15, -0.1) is 0 Å². The summed E-state index contributed by atoms with van der Waals surface area (Å²) in [6.45, 7) is 3.69. The van der Waals surface area contributed by atoms with Gasteiger partial charge in [0.2, 0.25) is 0 Å². The SMILES string of the molecule is CCCCCCn1c(COc2ccc(OC)cc2)nc2ccccc21. The summed E-state index contributed by atoms with van der Waals surface area (Å²) in [5.74, 6) is 2.63. The monoisotopic (exact) mass is 338 g/mol. The molecule has 0 unspecified atom stereocenters. The van der Waals surface area contributed by atoms with Gasteiger partial charge in [-0.1, -0.05) is 38.3 Å². The van der Waals surface area contributed by atoms with Crippen LogP contribution in [0.1, 0.15) is 38.4 Å². The number of aryl methyl sites for hydroxylation is 1. The smallest absolute Gasteiger partial charge is 0.147 e. The summed E-state index contributed by atoms with van der Waals surface area (Å²) in [5.41, 5.74) is 2.22. The zero-order chi connectivity index (χ0) is 17.5. The summed E-state index contributed by atoms with van der Waals surface area (Å²) in [6.07, 6.45) is 4.95. The first-order valence-corrected chi connectivity index (χ1v) is 9.03. The van der Waals surface area contributed by atoms with Gasteiger partial charge in [0.1, 0.15) is 23.9 Å². The Hall–Kier alpha value is -2.49. The summed E-state index contributed by atoms with van der Waals surface area (Å²) in [6, 6.07) is 16.0. The molecule has 0 radical (unpaired) electrons. The van der Waals surface area contributed by atoms with Crippen molar-refractivity contribution in [2.24, 2.45) is 0 Å². The lowest BCUT2D eigenvalue weighted by Gasteiger charge is -2.11. The number of benzene rings is 2. The van der Waals surface area contributed by atoms with E-state index in [0.717, 1.165) is 29.4 Å². The van der Waals surface area contributed by atoms with E-state index < -0.39 is 0 Å². The number of methoxy groups -OCH3 is 1. The number of hydrogen-bond donors (Lipinski definition) is 0. The number of nitrogens with zero attached hydrogens (tertiary/aromatic N) is 2. The lowest BCUT2D eigenvalue weighted by Crippen LogP contribution is -2.07. The van der Waals surface area contributed by atoms with E-state index in [2.05, 4.69) is 29.7 Å². The van der Waals surface area contributed by atoms with Gasteiger partial charge in [0.25, 0.3) is 0 Å².